The molecule has 2 aromatic rings. The van der Waals surface area contributed by atoms with Gasteiger partial charge < -0.3 is 20.4 Å². The summed E-state index contributed by atoms with van der Waals surface area (Å²) < 4.78 is 0.748. The van der Waals surface area contributed by atoms with Crippen LogP contribution in [0.25, 0.3) is 0 Å². The van der Waals surface area contributed by atoms with Gasteiger partial charge in [0.2, 0.25) is 0 Å². The summed E-state index contributed by atoms with van der Waals surface area (Å²) in [6.07, 6.45) is 0. The summed E-state index contributed by atoms with van der Waals surface area (Å²) in [7, 11) is 0. The van der Waals surface area contributed by atoms with Gasteiger partial charge in [-0.25, -0.2) is 0 Å². The Morgan fingerprint density at radius 1 is 0.833 bits per heavy atom. The molecule has 0 spiro atoms. The van der Waals surface area contributed by atoms with Crippen molar-refractivity contribution in [1.82, 2.24) is 0 Å². The summed E-state index contributed by atoms with van der Waals surface area (Å²) in [5, 5.41) is 35.3. The minimum Gasteiger partial charge on any atom is -0.504 e. The molecule has 0 aliphatic carbocycles. The lowest BCUT2D eigenvalue weighted by molar-refractivity contribution is 0.403. The van der Waals surface area contributed by atoms with E-state index < -0.39 is 0 Å². The van der Waals surface area contributed by atoms with Crippen LogP contribution in [0.5, 0.6) is 23.0 Å². The van der Waals surface area contributed by atoms with E-state index in [1.807, 2.05) is 0 Å². The molecule has 0 unspecified atom stereocenters. The second-order valence-corrected chi connectivity index (χ2v) is 4.56. The molecule has 0 atom stereocenters. The average Bonchev–Trinajstić information content (AvgIpc) is 2.32. The maximum Gasteiger partial charge on any atom is 0.176 e. The Hall–Kier alpha value is -1.59. The average molecular weight is 334 g/mol. The number of rotatable bonds is 0. The highest BCUT2D eigenvalue weighted by Crippen LogP contribution is 2.31. The van der Waals surface area contributed by atoms with Crippen LogP contribution in [0.2, 0.25) is 5.02 Å². The van der Waals surface area contributed by atoms with E-state index in [1.165, 1.54) is 24.3 Å². The molecule has 0 saturated carbocycles. The number of phenols is 4. The highest BCUT2D eigenvalue weighted by Gasteiger charge is 2.00. The lowest BCUT2D eigenvalue weighted by atomic mass is 10.3. The highest BCUT2D eigenvalue weighted by molar-refractivity contribution is 9.10. The van der Waals surface area contributed by atoms with Crippen molar-refractivity contribution in [2.24, 2.45) is 0 Å². The summed E-state index contributed by atoms with van der Waals surface area (Å²) in [4.78, 5) is 0. The molecule has 2 rings (SSSR count). The van der Waals surface area contributed by atoms with Crippen LogP contribution in [0.1, 0.15) is 0 Å². The van der Waals surface area contributed by atoms with Crippen LogP contribution in [-0.2, 0) is 0 Å². The van der Waals surface area contributed by atoms with Gasteiger partial charge in [0.15, 0.2) is 23.0 Å². The predicted molar refractivity (Wildman–Crippen MR) is 72.3 cm³/mol. The number of benzene rings is 2. The molecule has 0 amide bonds. The van der Waals surface area contributed by atoms with Crippen molar-refractivity contribution in [3.8, 4) is 23.0 Å². The van der Waals surface area contributed by atoms with Crippen molar-refractivity contribution in [2.45, 2.75) is 0 Å². The number of hydrogen-bond acceptors (Lipinski definition) is 4. The van der Waals surface area contributed by atoms with Gasteiger partial charge >= 0.3 is 0 Å². The summed E-state index contributed by atoms with van der Waals surface area (Å²) in [6.45, 7) is 0. The summed E-state index contributed by atoms with van der Waals surface area (Å²) in [5.74, 6) is -0.663. The Morgan fingerprint density at radius 2 is 1.50 bits per heavy atom. The van der Waals surface area contributed by atoms with Gasteiger partial charge in [-0.05, 0) is 30.3 Å². The van der Waals surface area contributed by atoms with Crippen LogP contribution >= 0.6 is 27.5 Å². The standard InChI is InChI=1S/C6H5BrO2.C6H5ClO2/c7-4-1-2-5(8)6(9)3-4;7-4-2-1-3-5(8)6(4)9/h2*1-3,8-9H. The lowest BCUT2D eigenvalue weighted by Crippen LogP contribution is -1.67. The number of hydrogen-bond donors (Lipinski definition) is 4. The zero-order chi connectivity index (χ0) is 13.7. The predicted octanol–water partition coefficient (Wildman–Crippen LogP) is 3.61. The van der Waals surface area contributed by atoms with E-state index in [0.717, 1.165) is 4.47 Å². The summed E-state index contributed by atoms with van der Waals surface area (Å²) in [5.41, 5.74) is 0. The molecule has 0 aliphatic heterocycles. The van der Waals surface area contributed by atoms with E-state index in [-0.39, 0.29) is 28.0 Å². The Balaban J connectivity index is 0.000000180. The monoisotopic (exact) mass is 332 g/mol. The first-order valence-electron chi connectivity index (χ1n) is 4.75. The van der Waals surface area contributed by atoms with Crippen molar-refractivity contribution < 1.29 is 20.4 Å². The van der Waals surface area contributed by atoms with Gasteiger partial charge in [-0.3, -0.25) is 0 Å². The third-order valence-electron chi connectivity index (χ3n) is 1.90. The minimum atomic E-state index is -0.265. The zero-order valence-corrected chi connectivity index (χ0v) is 11.4. The van der Waals surface area contributed by atoms with Crippen LogP contribution < -0.4 is 0 Å². The van der Waals surface area contributed by atoms with Gasteiger partial charge in [0, 0.05) is 4.47 Å². The van der Waals surface area contributed by atoms with Crippen molar-refractivity contribution >= 4 is 27.5 Å². The molecule has 0 fully saturated rings. The summed E-state index contributed by atoms with van der Waals surface area (Å²) >= 11 is 8.53. The van der Waals surface area contributed by atoms with Gasteiger partial charge in [-0.2, -0.15) is 0 Å². The third kappa shape index (κ3) is 4.01. The Morgan fingerprint density at radius 3 is 1.94 bits per heavy atom. The van der Waals surface area contributed by atoms with Crippen LogP contribution in [0.4, 0.5) is 0 Å². The minimum absolute atomic E-state index is 0.0989. The Labute approximate surface area is 117 Å². The van der Waals surface area contributed by atoms with Crippen molar-refractivity contribution in [2.75, 3.05) is 0 Å². The van der Waals surface area contributed by atoms with E-state index in [9.17, 15) is 0 Å². The quantitative estimate of drug-likeness (QED) is 0.555. The molecule has 96 valence electrons. The van der Waals surface area contributed by atoms with Crippen LogP contribution in [0.15, 0.2) is 40.9 Å². The van der Waals surface area contributed by atoms with Crippen molar-refractivity contribution in [3.05, 3.63) is 45.9 Å². The normalized spacial score (nSPS) is 9.44. The smallest absolute Gasteiger partial charge is 0.176 e. The SMILES string of the molecule is Oc1ccc(Br)cc1O.Oc1cccc(Cl)c1O. The number of aromatic hydroxyl groups is 4. The molecular formula is C12H10BrClO4. The fraction of sp³-hybridized carbons (Fsp3) is 0. The fourth-order valence-corrected chi connectivity index (χ4v) is 1.52. The molecule has 0 bridgehead atoms. The first-order chi connectivity index (χ1) is 8.41. The molecule has 18 heavy (non-hydrogen) atoms. The molecule has 0 radical (unpaired) electrons. The summed E-state index contributed by atoms with van der Waals surface area (Å²) in [6, 6.07) is 8.90. The topological polar surface area (TPSA) is 80.9 Å². The van der Waals surface area contributed by atoms with Gasteiger partial charge in [0.25, 0.3) is 0 Å². The van der Waals surface area contributed by atoms with Gasteiger partial charge in [-0.15, -0.1) is 0 Å². The maximum absolute atomic E-state index is 8.82. The van der Waals surface area contributed by atoms with Gasteiger partial charge in [0.1, 0.15) is 0 Å². The lowest BCUT2D eigenvalue weighted by Gasteiger charge is -1.96. The Kier molecular flexibility index (Phi) is 5.12. The molecular weight excluding hydrogens is 323 g/mol. The molecule has 0 heterocycles. The van der Waals surface area contributed by atoms with E-state index in [1.54, 1.807) is 12.1 Å². The molecule has 2 aromatic carbocycles. The molecule has 4 N–H and O–H groups in total. The van der Waals surface area contributed by atoms with E-state index in [2.05, 4.69) is 15.9 Å². The number of halogens is 2. The first-order valence-corrected chi connectivity index (χ1v) is 5.93. The van der Waals surface area contributed by atoms with Crippen LogP contribution in [0.3, 0.4) is 0 Å². The van der Waals surface area contributed by atoms with E-state index in [4.69, 9.17) is 32.0 Å². The number of phenolic OH excluding ortho intramolecular Hbond substituents is 4. The van der Waals surface area contributed by atoms with Crippen LogP contribution in [-0.4, -0.2) is 20.4 Å². The molecule has 4 nitrogen and oxygen atoms in total. The zero-order valence-electron chi connectivity index (χ0n) is 9.01. The van der Waals surface area contributed by atoms with E-state index >= 15 is 0 Å². The molecule has 0 saturated heterocycles. The van der Waals surface area contributed by atoms with Crippen molar-refractivity contribution in [1.29, 1.82) is 0 Å². The van der Waals surface area contributed by atoms with Crippen LogP contribution in [0, 0.1) is 0 Å². The fourth-order valence-electron chi connectivity index (χ4n) is 1.00. The molecule has 6 heteroatoms. The highest BCUT2D eigenvalue weighted by atomic mass is 79.9. The number of para-hydroxylation sites is 1. The Bertz CT molecular complexity index is 525. The molecule has 0 aliphatic rings. The van der Waals surface area contributed by atoms with Crippen molar-refractivity contribution in [3.63, 3.8) is 0 Å². The van der Waals surface area contributed by atoms with E-state index in [0.29, 0.717) is 0 Å². The second kappa shape index (κ2) is 6.37. The second-order valence-electron chi connectivity index (χ2n) is 3.24. The maximum atomic E-state index is 8.82. The first kappa shape index (κ1) is 14.5. The largest absolute Gasteiger partial charge is 0.504 e. The van der Waals surface area contributed by atoms with Gasteiger partial charge in [-0.1, -0.05) is 33.6 Å². The molecule has 0 aromatic heterocycles. The van der Waals surface area contributed by atoms with Gasteiger partial charge in [0.05, 0.1) is 5.02 Å². The third-order valence-corrected chi connectivity index (χ3v) is 2.70.